The van der Waals surface area contributed by atoms with Crippen molar-refractivity contribution >= 4 is 34.1 Å². The number of aliphatic hydroxyl groups is 1. The van der Waals surface area contributed by atoms with E-state index in [9.17, 15) is 0 Å². The highest BCUT2D eigenvalue weighted by Gasteiger charge is 2.03. The van der Waals surface area contributed by atoms with E-state index in [0.717, 1.165) is 0 Å². The highest BCUT2D eigenvalue weighted by Crippen LogP contribution is 2.25. The average Bonchev–Trinajstić information content (AvgIpc) is 2.76. The number of anilines is 6. The number of aliphatic hydroxyl groups excluding tert-OH is 1. The summed E-state index contributed by atoms with van der Waals surface area (Å²) in [5.41, 5.74) is 37.2. The predicted molar refractivity (Wildman–Crippen MR) is 134 cm³/mol. The second kappa shape index (κ2) is 12.6. The minimum Gasteiger partial charge on any atom is -0.491 e. The minimum absolute atomic E-state index is 0.0240. The average molecular weight is 457 g/mol. The van der Waals surface area contributed by atoms with Crippen molar-refractivity contribution in [3.05, 3.63) is 54.6 Å². The number of nitrogens with two attached hydrogens (primary N) is 6. The molecule has 178 valence electrons. The van der Waals surface area contributed by atoms with Gasteiger partial charge in [-0.15, -0.1) is 0 Å². The number of ether oxygens (including phenoxy) is 3. The van der Waals surface area contributed by atoms with E-state index in [2.05, 4.69) is 0 Å². The Kier molecular flexibility index (Phi) is 9.59. The van der Waals surface area contributed by atoms with E-state index in [1.165, 1.54) is 0 Å². The fraction of sp³-hybridized carbons (Fsp3) is 0.217. The summed E-state index contributed by atoms with van der Waals surface area (Å²) in [5, 5.41) is 8.48. The molecule has 0 radical (unpaired) electrons. The lowest BCUT2D eigenvalue weighted by atomic mass is 10.2. The monoisotopic (exact) mass is 456 g/mol. The highest BCUT2D eigenvalue weighted by atomic mass is 16.5. The van der Waals surface area contributed by atoms with Gasteiger partial charge in [-0.25, -0.2) is 0 Å². The summed E-state index contributed by atoms with van der Waals surface area (Å²) in [7, 11) is 0. The van der Waals surface area contributed by atoms with Gasteiger partial charge >= 0.3 is 0 Å². The van der Waals surface area contributed by atoms with Gasteiger partial charge in [0.1, 0.15) is 23.9 Å². The highest BCUT2D eigenvalue weighted by molar-refractivity contribution is 5.62. The van der Waals surface area contributed by atoms with Gasteiger partial charge in [0.15, 0.2) is 0 Å². The first-order valence-electron chi connectivity index (χ1n) is 10.2. The van der Waals surface area contributed by atoms with Crippen LogP contribution in [0, 0.1) is 0 Å². The van der Waals surface area contributed by atoms with Crippen LogP contribution in [0.4, 0.5) is 34.1 Å². The van der Waals surface area contributed by atoms with Gasteiger partial charge < -0.3 is 53.7 Å². The van der Waals surface area contributed by atoms with Gasteiger partial charge in [-0.2, -0.15) is 0 Å². The lowest BCUT2D eigenvalue weighted by Crippen LogP contribution is -2.07. The first-order valence-corrected chi connectivity index (χ1v) is 10.2. The number of hydrogen-bond donors (Lipinski definition) is 7. The Balaban J connectivity index is 0.000000273. The zero-order valence-corrected chi connectivity index (χ0v) is 18.4. The third-order valence-electron chi connectivity index (χ3n) is 4.25. The molecular weight excluding hydrogens is 424 g/mol. The quantitative estimate of drug-likeness (QED) is 0.184. The summed E-state index contributed by atoms with van der Waals surface area (Å²) < 4.78 is 16.2. The Labute approximate surface area is 193 Å². The van der Waals surface area contributed by atoms with Gasteiger partial charge in [0.25, 0.3) is 0 Å². The topological polar surface area (TPSA) is 204 Å². The molecule has 0 saturated heterocycles. The van der Waals surface area contributed by atoms with Crippen LogP contribution in [0.25, 0.3) is 0 Å². The molecule has 0 atom stereocenters. The molecule has 3 rings (SSSR count). The largest absolute Gasteiger partial charge is 0.491 e. The Morgan fingerprint density at radius 3 is 1.15 bits per heavy atom. The summed E-state index contributed by atoms with van der Waals surface area (Å²) in [6.45, 7) is 1.20. The van der Waals surface area contributed by atoms with E-state index in [-0.39, 0.29) is 13.2 Å². The van der Waals surface area contributed by atoms with Crippen LogP contribution in [0.5, 0.6) is 17.2 Å². The number of rotatable bonds is 9. The molecule has 0 aliphatic carbocycles. The van der Waals surface area contributed by atoms with Crippen LogP contribution >= 0.6 is 0 Å². The molecule has 0 amide bonds. The Bertz CT molecular complexity index is 978. The van der Waals surface area contributed by atoms with Gasteiger partial charge in [0.05, 0.1) is 36.9 Å². The Morgan fingerprint density at radius 1 is 0.515 bits per heavy atom. The molecule has 0 unspecified atom stereocenters. The van der Waals surface area contributed by atoms with Gasteiger partial charge in [0, 0.05) is 23.5 Å². The lowest BCUT2D eigenvalue weighted by molar-refractivity contribution is 0.202. The van der Waals surface area contributed by atoms with Gasteiger partial charge in [-0.05, 0) is 54.6 Å². The molecule has 0 saturated carbocycles. The fourth-order valence-corrected chi connectivity index (χ4v) is 2.67. The summed E-state index contributed by atoms with van der Waals surface area (Å²) in [5.74, 6) is 1.80. The van der Waals surface area contributed by atoms with Crippen LogP contribution in [0.1, 0.15) is 6.42 Å². The normalized spacial score (nSPS) is 10.1. The summed E-state index contributed by atoms with van der Waals surface area (Å²) in [4.78, 5) is 0. The molecule has 10 heteroatoms. The molecule has 0 bridgehead atoms. The van der Waals surface area contributed by atoms with E-state index in [4.69, 9.17) is 53.7 Å². The summed E-state index contributed by atoms with van der Waals surface area (Å²) >= 11 is 0. The van der Waals surface area contributed by atoms with Crippen molar-refractivity contribution in [1.29, 1.82) is 0 Å². The third kappa shape index (κ3) is 8.46. The number of nitrogen functional groups attached to an aromatic ring is 6. The molecule has 3 aromatic rings. The second-order valence-electron chi connectivity index (χ2n) is 7.01. The lowest BCUT2D eigenvalue weighted by Gasteiger charge is -2.11. The molecule has 10 nitrogen and oxygen atoms in total. The van der Waals surface area contributed by atoms with Crippen molar-refractivity contribution in [2.24, 2.45) is 0 Å². The van der Waals surface area contributed by atoms with Crippen molar-refractivity contribution in [3.8, 4) is 17.2 Å². The first kappa shape index (κ1) is 25.1. The van der Waals surface area contributed by atoms with Crippen LogP contribution in [0.3, 0.4) is 0 Å². The number of benzene rings is 3. The fourth-order valence-electron chi connectivity index (χ4n) is 2.67. The molecule has 13 N–H and O–H groups in total. The zero-order valence-electron chi connectivity index (χ0n) is 18.4. The van der Waals surface area contributed by atoms with E-state index < -0.39 is 0 Å². The standard InChI is InChI=1S/C15H20N4O2.C8H12N2O2/c16-10-2-4-14(12(18)8-10)20-6-1-7-21-15-5-3-11(17)9-13(15)19;9-6-1-2-8(7(10)5-6)12-4-3-11/h2-5,8-9H,1,6-7,16-19H2;1-2,5,11H,3-4,9-10H2. The van der Waals surface area contributed by atoms with Crippen molar-refractivity contribution in [3.63, 3.8) is 0 Å². The molecule has 0 spiro atoms. The van der Waals surface area contributed by atoms with Crippen molar-refractivity contribution in [2.75, 3.05) is 60.8 Å². The van der Waals surface area contributed by atoms with Crippen LogP contribution in [-0.4, -0.2) is 31.5 Å². The van der Waals surface area contributed by atoms with E-state index in [1.807, 2.05) is 0 Å². The van der Waals surface area contributed by atoms with E-state index in [0.29, 0.717) is 71.0 Å². The van der Waals surface area contributed by atoms with E-state index >= 15 is 0 Å². The zero-order chi connectivity index (χ0) is 24.2. The molecule has 0 heterocycles. The molecule has 0 fully saturated rings. The van der Waals surface area contributed by atoms with Gasteiger partial charge in [-0.3, -0.25) is 0 Å². The third-order valence-corrected chi connectivity index (χ3v) is 4.25. The molecular formula is C23H32N6O4. The molecule has 0 aliphatic rings. The van der Waals surface area contributed by atoms with Crippen LogP contribution in [-0.2, 0) is 0 Å². The van der Waals surface area contributed by atoms with Crippen molar-refractivity contribution < 1.29 is 19.3 Å². The first-order chi connectivity index (χ1) is 15.8. The van der Waals surface area contributed by atoms with Gasteiger partial charge in [-0.1, -0.05) is 0 Å². The predicted octanol–water partition coefficient (Wildman–Crippen LogP) is 2.09. The van der Waals surface area contributed by atoms with Crippen molar-refractivity contribution in [1.82, 2.24) is 0 Å². The molecule has 0 aromatic heterocycles. The van der Waals surface area contributed by atoms with E-state index in [1.54, 1.807) is 54.6 Å². The van der Waals surface area contributed by atoms with Crippen LogP contribution in [0.2, 0.25) is 0 Å². The van der Waals surface area contributed by atoms with Gasteiger partial charge in [0.2, 0.25) is 0 Å². The smallest absolute Gasteiger partial charge is 0.142 e. The van der Waals surface area contributed by atoms with Crippen LogP contribution in [0.15, 0.2) is 54.6 Å². The van der Waals surface area contributed by atoms with Crippen LogP contribution < -0.4 is 48.6 Å². The SMILES string of the molecule is Nc1ccc(OCCCOc2ccc(N)cc2N)c(N)c1.Nc1ccc(OCCO)c(N)c1. The Morgan fingerprint density at radius 2 is 0.848 bits per heavy atom. The maximum Gasteiger partial charge on any atom is 0.142 e. The Hall–Kier alpha value is -4.18. The van der Waals surface area contributed by atoms with Crippen molar-refractivity contribution in [2.45, 2.75) is 6.42 Å². The molecule has 0 aliphatic heterocycles. The number of hydrogen-bond acceptors (Lipinski definition) is 10. The summed E-state index contributed by atoms with van der Waals surface area (Å²) in [6, 6.07) is 15.3. The minimum atomic E-state index is -0.0240. The maximum absolute atomic E-state index is 8.48. The molecule has 3 aromatic carbocycles. The molecule has 33 heavy (non-hydrogen) atoms. The summed E-state index contributed by atoms with van der Waals surface area (Å²) in [6.07, 6.45) is 0.702. The second-order valence-corrected chi connectivity index (χ2v) is 7.01. The maximum atomic E-state index is 8.48.